The van der Waals surface area contributed by atoms with Crippen molar-refractivity contribution in [3.8, 4) is 11.6 Å². The van der Waals surface area contributed by atoms with Crippen LogP contribution in [0.2, 0.25) is 0 Å². The largest absolute Gasteiger partial charge is 0.488 e. The highest BCUT2D eigenvalue weighted by Crippen LogP contribution is 2.12. The third-order valence-electron chi connectivity index (χ3n) is 2.07. The normalized spacial score (nSPS) is 10.1. The van der Waals surface area contributed by atoms with Gasteiger partial charge >= 0.3 is 5.97 Å². The summed E-state index contributed by atoms with van der Waals surface area (Å²) < 4.78 is 10.5. The van der Waals surface area contributed by atoms with Gasteiger partial charge in [-0.1, -0.05) is 0 Å². The molecule has 1 N–H and O–H groups in total. The summed E-state index contributed by atoms with van der Waals surface area (Å²) in [5.41, 5.74) is -0.461. The minimum absolute atomic E-state index is 0.0289. The summed E-state index contributed by atoms with van der Waals surface area (Å²) in [6.07, 6.45) is 2.43. The van der Waals surface area contributed by atoms with Crippen molar-refractivity contribution in [3.05, 3.63) is 28.8 Å². The number of hydrogen-bond acceptors (Lipinski definition) is 7. The van der Waals surface area contributed by atoms with Gasteiger partial charge in [0.25, 0.3) is 11.4 Å². The summed E-state index contributed by atoms with van der Waals surface area (Å²) in [6.45, 7) is 0. The van der Waals surface area contributed by atoms with E-state index in [2.05, 4.69) is 24.8 Å². The molecule has 0 bridgehead atoms. The molecule has 0 aliphatic heterocycles. The van der Waals surface area contributed by atoms with Gasteiger partial charge in [-0.15, -0.1) is 5.10 Å². The Labute approximate surface area is 100 Å². The highest BCUT2D eigenvalue weighted by Gasteiger charge is 2.16. The van der Waals surface area contributed by atoms with Gasteiger partial charge in [-0.3, -0.25) is 4.79 Å². The Morgan fingerprint density at radius 2 is 2.17 bits per heavy atom. The molecule has 0 aliphatic carbocycles. The van der Waals surface area contributed by atoms with Crippen molar-refractivity contribution < 1.29 is 14.3 Å². The van der Waals surface area contributed by atoms with E-state index in [9.17, 15) is 9.59 Å². The molecule has 9 nitrogen and oxygen atoms in total. The maximum absolute atomic E-state index is 11.5. The molecule has 0 saturated heterocycles. The summed E-state index contributed by atoms with van der Waals surface area (Å²) in [7, 11) is 2.54. The third-order valence-corrected chi connectivity index (χ3v) is 2.07. The summed E-state index contributed by atoms with van der Waals surface area (Å²) in [5, 5.41) is 3.84. The maximum Gasteiger partial charge on any atom is 0.377 e. The Morgan fingerprint density at radius 1 is 1.39 bits per heavy atom. The molecular formula is C9H9N5O4. The second kappa shape index (κ2) is 4.65. The van der Waals surface area contributed by atoms with Crippen LogP contribution in [0.4, 0.5) is 0 Å². The number of carbonyl (C=O) groups is 1. The highest BCUT2D eigenvalue weighted by atomic mass is 16.5. The number of esters is 1. The SMILES string of the molecule is COC(=O)c1ncn(-c2nc[nH]c(=O)c2OC)n1. The number of aromatic nitrogens is 5. The van der Waals surface area contributed by atoms with Crippen LogP contribution in [0.3, 0.4) is 0 Å². The number of ether oxygens (including phenoxy) is 2. The van der Waals surface area contributed by atoms with E-state index in [1.165, 1.54) is 26.9 Å². The van der Waals surface area contributed by atoms with Gasteiger partial charge < -0.3 is 14.5 Å². The first-order chi connectivity index (χ1) is 8.67. The zero-order valence-electron chi connectivity index (χ0n) is 9.58. The number of methoxy groups -OCH3 is 2. The van der Waals surface area contributed by atoms with Crippen LogP contribution in [-0.2, 0) is 4.74 Å². The average Bonchev–Trinajstić information content (AvgIpc) is 2.87. The lowest BCUT2D eigenvalue weighted by atomic mass is 10.5. The molecule has 0 aliphatic rings. The Bertz CT molecular complexity index is 632. The van der Waals surface area contributed by atoms with Gasteiger partial charge in [-0.2, -0.15) is 4.68 Å². The molecule has 18 heavy (non-hydrogen) atoms. The molecule has 2 rings (SSSR count). The van der Waals surface area contributed by atoms with Gasteiger partial charge in [0.1, 0.15) is 6.33 Å². The number of hydrogen-bond donors (Lipinski definition) is 1. The van der Waals surface area contributed by atoms with Crippen LogP contribution in [0.25, 0.3) is 5.82 Å². The van der Waals surface area contributed by atoms with Crippen molar-refractivity contribution in [1.82, 2.24) is 24.7 Å². The second-order valence-corrected chi connectivity index (χ2v) is 3.09. The molecule has 2 heterocycles. The lowest BCUT2D eigenvalue weighted by molar-refractivity contribution is 0.0587. The first kappa shape index (κ1) is 11.8. The molecule has 0 fully saturated rings. The molecule has 2 aromatic heterocycles. The predicted octanol–water partition coefficient (Wildman–Crippen LogP) is -0.854. The third kappa shape index (κ3) is 1.93. The van der Waals surface area contributed by atoms with E-state index in [1.807, 2.05) is 0 Å². The molecule has 0 spiro atoms. The second-order valence-electron chi connectivity index (χ2n) is 3.09. The number of rotatable bonds is 3. The van der Waals surface area contributed by atoms with Crippen molar-refractivity contribution in [3.63, 3.8) is 0 Å². The van der Waals surface area contributed by atoms with Crippen LogP contribution in [0.15, 0.2) is 17.4 Å². The Balaban J connectivity index is 2.49. The maximum atomic E-state index is 11.5. The van der Waals surface area contributed by atoms with E-state index in [0.717, 1.165) is 4.68 Å². The van der Waals surface area contributed by atoms with E-state index in [0.29, 0.717) is 0 Å². The molecular weight excluding hydrogens is 242 g/mol. The first-order valence-corrected chi connectivity index (χ1v) is 4.79. The van der Waals surface area contributed by atoms with Crippen molar-refractivity contribution >= 4 is 5.97 Å². The summed E-state index contributed by atoms with van der Waals surface area (Å²) >= 11 is 0. The zero-order valence-corrected chi connectivity index (χ0v) is 9.58. The zero-order chi connectivity index (χ0) is 13.1. The van der Waals surface area contributed by atoms with Gasteiger partial charge in [-0.25, -0.2) is 14.8 Å². The van der Waals surface area contributed by atoms with Crippen LogP contribution >= 0.6 is 0 Å². The fourth-order valence-corrected chi connectivity index (χ4v) is 1.27. The van der Waals surface area contributed by atoms with Gasteiger partial charge in [0, 0.05) is 0 Å². The van der Waals surface area contributed by atoms with Crippen LogP contribution in [-0.4, -0.2) is 44.9 Å². The minimum Gasteiger partial charge on any atom is -0.488 e. The fraction of sp³-hybridized carbons (Fsp3) is 0.222. The number of carbonyl (C=O) groups excluding carboxylic acids is 1. The lowest BCUT2D eigenvalue weighted by Gasteiger charge is -2.04. The van der Waals surface area contributed by atoms with Crippen LogP contribution < -0.4 is 10.3 Å². The standard InChI is InChI=1S/C9H9N5O4/c1-17-5-7(10-3-11-8(5)15)14-4-12-6(13-14)9(16)18-2/h3-4H,1-2H3,(H,10,11,15). The van der Waals surface area contributed by atoms with E-state index in [-0.39, 0.29) is 17.4 Å². The Morgan fingerprint density at radius 3 is 2.83 bits per heavy atom. The Hall–Kier alpha value is -2.71. The fourth-order valence-electron chi connectivity index (χ4n) is 1.27. The number of H-pyrrole nitrogens is 1. The smallest absolute Gasteiger partial charge is 0.377 e. The van der Waals surface area contributed by atoms with E-state index < -0.39 is 11.5 Å². The highest BCUT2D eigenvalue weighted by molar-refractivity contribution is 5.84. The van der Waals surface area contributed by atoms with Crippen molar-refractivity contribution in [2.45, 2.75) is 0 Å². The molecule has 0 amide bonds. The number of nitrogens with zero attached hydrogens (tertiary/aromatic N) is 4. The molecule has 0 atom stereocenters. The molecule has 9 heteroatoms. The van der Waals surface area contributed by atoms with E-state index >= 15 is 0 Å². The van der Waals surface area contributed by atoms with Crippen molar-refractivity contribution in [1.29, 1.82) is 0 Å². The van der Waals surface area contributed by atoms with Gasteiger partial charge in [-0.05, 0) is 0 Å². The molecule has 94 valence electrons. The van der Waals surface area contributed by atoms with Gasteiger partial charge in [0.15, 0.2) is 0 Å². The van der Waals surface area contributed by atoms with E-state index in [4.69, 9.17) is 4.74 Å². The topological polar surface area (TPSA) is 112 Å². The quantitative estimate of drug-likeness (QED) is 0.706. The summed E-state index contributed by atoms with van der Waals surface area (Å²) in [5.74, 6) is -0.720. The lowest BCUT2D eigenvalue weighted by Crippen LogP contribution is -2.15. The molecule has 0 radical (unpaired) electrons. The van der Waals surface area contributed by atoms with Gasteiger partial charge in [0.05, 0.1) is 20.5 Å². The van der Waals surface area contributed by atoms with Crippen LogP contribution in [0.5, 0.6) is 5.75 Å². The number of nitrogens with one attached hydrogen (secondary N) is 1. The monoisotopic (exact) mass is 251 g/mol. The van der Waals surface area contributed by atoms with E-state index in [1.54, 1.807) is 0 Å². The summed E-state index contributed by atoms with van der Waals surface area (Å²) in [4.78, 5) is 32.7. The average molecular weight is 251 g/mol. The first-order valence-electron chi connectivity index (χ1n) is 4.79. The van der Waals surface area contributed by atoms with Crippen molar-refractivity contribution in [2.75, 3.05) is 14.2 Å². The molecule has 0 aromatic carbocycles. The molecule has 2 aromatic rings. The molecule has 0 unspecified atom stereocenters. The predicted molar refractivity (Wildman–Crippen MR) is 57.7 cm³/mol. The number of aromatic amines is 1. The summed E-state index contributed by atoms with van der Waals surface area (Å²) in [6, 6.07) is 0. The molecule has 0 saturated carbocycles. The minimum atomic E-state index is -0.683. The van der Waals surface area contributed by atoms with Crippen LogP contribution in [0.1, 0.15) is 10.6 Å². The van der Waals surface area contributed by atoms with Crippen molar-refractivity contribution in [2.24, 2.45) is 0 Å². The van der Waals surface area contributed by atoms with Gasteiger partial charge in [0.2, 0.25) is 11.6 Å². The Kier molecular flexibility index (Phi) is 3.04. The van der Waals surface area contributed by atoms with Crippen LogP contribution in [0, 0.1) is 0 Å².